The molecule has 0 saturated carbocycles. The van der Waals surface area contributed by atoms with E-state index in [4.69, 9.17) is 0 Å². The third kappa shape index (κ3) is 5.67. The number of thiazole rings is 1. The highest BCUT2D eigenvalue weighted by Gasteiger charge is 2.20. The summed E-state index contributed by atoms with van der Waals surface area (Å²) in [5.41, 5.74) is 1.40. The molecule has 0 aliphatic carbocycles. The molecule has 1 N–H and O–H groups in total. The number of nitrogens with zero attached hydrogens (tertiary/aromatic N) is 2. The minimum atomic E-state index is -0.177. The number of carbonyl (C=O) groups is 2. The number of aromatic nitrogens is 1. The lowest BCUT2D eigenvalue weighted by Crippen LogP contribution is -2.37. The zero-order valence-electron chi connectivity index (χ0n) is 15.2. The Bertz CT molecular complexity index is 710. The second kappa shape index (κ2) is 8.76. The number of rotatable bonds is 7. The summed E-state index contributed by atoms with van der Waals surface area (Å²) in [5.74, 6) is -0.117. The van der Waals surface area contributed by atoms with Crippen LogP contribution in [0.3, 0.4) is 0 Å². The minimum absolute atomic E-state index is 0.0598. The lowest BCUT2D eigenvalue weighted by molar-refractivity contribution is -0.132. The average Bonchev–Trinajstić information content (AvgIpc) is 3.01. The van der Waals surface area contributed by atoms with Gasteiger partial charge in [-0.05, 0) is 33.3 Å². The van der Waals surface area contributed by atoms with E-state index in [1.54, 1.807) is 10.3 Å². The standard InChI is InChI=1S/C19H25N3O2S/c1-13(2)20-19(24)16-12-25-17(21-16)11-22(14(3)4)18(23)10-15-8-6-5-7-9-15/h5-9,12-14H,10-11H2,1-4H3,(H,20,24). The first-order chi connectivity index (χ1) is 11.9. The van der Waals surface area contributed by atoms with Gasteiger partial charge in [-0.3, -0.25) is 9.59 Å². The van der Waals surface area contributed by atoms with Crippen LogP contribution in [0.5, 0.6) is 0 Å². The second-order valence-corrected chi connectivity index (χ2v) is 7.48. The van der Waals surface area contributed by atoms with Crippen LogP contribution in [0.2, 0.25) is 0 Å². The molecule has 6 heteroatoms. The second-order valence-electron chi connectivity index (χ2n) is 6.53. The Balaban J connectivity index is 2.05. The lowest BCUT2D eigenvalue weighted by Gasteiger charge is -2.26. The first-order valence-corrected chi connectivity index (χ1v) is 9.33. The molecular weight excluding hydrogens is 334 g/mol. The zero-order valence-corrected chi connectivity index (χ0v) is 16.0. The van der Waals surface area contributed by atoms with Crippen molar-refractivity contribution in [1.82, 2.24) is 15.2 Å². The van der Waals surface area contributed by atoms with Gasteiger partial charge in [0.25, 0.3) is 5.91 Å². The fourth-order valence-corrected chi connectivity index (χ4v) is 3.17. The highest BCUT2D eigenvalue weighted by atomic mass is 32.1. The quantitative estimate of drug-likeness (QED) is 0.825. The molecule has 1 heterocycles. The Morgan fingerprint density at radius 1 is 1.16 bits per heavy atom. The van der Waals surface area contributed by atoms with Crippen molar-refractivity contribution >= 4 is 23.2 Å². The van der Waals surface area contributed by atoms with Gasteiger partial charge < -0.3 is 10.2 Å². The van der Waals surface area contributed by atoms with Crippen molar-refractivity contribution in [1.29, 1.82) is 0 Å². The molecule has 0 bridgehead atoms. The molecule has 0 saturated heterocycles. The fraction of sp³-hybridized carbons (Fsp3) is 0.421. The molecule has 0 aliphatic heterocycles. The van der Waals surface area contributed by atoms with E-state index in [0.717, 1.165) is 10.6 Å². The third-order valence-electron chi connectivity index (χ3n) is 3.65. The fourth-order valence-electron chi connectivity index (χ4n) is 2.40. The van der Waals surface area contributed by atoms with Crippen LogP contribution < -0.4 is 5.32 Å². The van der Waals surface area contributed by atoms with Gasteiger partial charge in [0.05, 0.1) is 13.0 Å². The summed E-state index contributed by atoms with van der Waals surface area (Å²) in [6, 6.07) is 9.84. The molecule has 0 spiro atoms. The van der Waals surface area contributed by atoms with Gasteiger partial charge in [-0.25, -0.2) is 4.98 Å². The van der Waals surface area contributed by atoms with Crippen LogP contribution >= 0.6 is 11.3 Å². The van der Waals surface area contributed by atoms with Gasteiger partial charge in [0.15, 0.2) is 0 Å². The summed E-state index contributed by atoms with van der Waals surface area (Å²) < 4.78 is 0. The van der Waals surface area contributed by atoms with Crippen molar-refractivity contribution in [3.05, 3.63) is 52.0 Å². The molecular formula is C19H25N3O2S. The van der Waals surface area contributed by atoms with Crippen LogP contribution in [0, 0.1) is 0 Å². The van der Waals surface area contributed by atoms with Crippen molar-refractivity contribution in [3.63, 3.8) is 0 Å². The van der Waals surface area contributed by atoms with Gasteiger partial charge in [0, 0.05) is 17.5 Å². The van der Waals surface area contributed by atoms with Crippen molar-refractivity contribution in [2.75, 3.05) is 0 Å². The molecule has 2 rings (SSSR count). The maximum Gasteiger partial charge on any atom is 0.270 e. The highest BCUT2D eigenvalue weighted by molar-refractivity contribution is 7.09. The Labute approximate surface area is 153 Å². The number of nitrogens with one attached hydrogen (secondary N) is 1. The van der Waals surface area contributed by atoms with Crippen molar-refractivity contribution < 1.29 is 9.59 Å². The zero-order chi connectivity index (χ0) is 18.4. The Kier molecular flexibility index (Phi) is 6.70. The molecule has 0 fully saturated rings. The van der Waals surface area contributed by atoms with Crippen molar-refractivity contribution in [3.8, 4) is 0 Å². The molecule has 1 aromatic heterocycles. The smallest absolute Gasteiger partial charge is 0.270 e. The van der Waals surface area contributed by atoms with Crippen molar-refractivity contribution in [2.24, 2.45) is 0 Å². The average molecular weight is 359 g/mol. The van der Waals surface area contributed by atoms with E-state index in [1.165, 1.54) is 11.3 Å². The van der Waals surface area contributed by atoms with E-state index >= 15 is 0 Å². The van der Waals surface area contributed by atoms with E-state index in [-0.39, 0.29) is 23.9 Å². The topological polar surface area (TPSA) is 62.3 Å². The molecule has 0 aliphatic rings. The van der Waals surface area contributed by atoms with Gasteiger partial charge in [-0.15, -0.1) is 11.3 Å². The van der Waals surface area contributed by atoms with Gasteiger partial charge >= 0.3 is 0 Å². The van der Waals surface area contributed by atoms with Crippen LogP contribution in [-0.2, 0) is 17.8 Å². The van der Waals surface area contributed by atoms with Gasteiger partial charge in [-0.1, -0.05) is 30.3 Å². The van der Waals surface area contributed by atoms with Crippen LogP contribution in [0.25, 0.3) is 0 Å². The number of hydrogen-bond acceptors (Lipinski definition) is 4. The molecule has 134 valence electrons. The minimum Gasteiger partial charge on any atom is -0.349 e. The molecule has 1 aromatic carbocycles. The predicted octanol–water partition coefficient (Wildman–Crippen LogP) is 3.26. The maximum atomic E-state index is 12.7. The van der Waals surface area contributed by atoms with E-state index in [2.05, 4.69) is 10.3 Å². The van der Waals surface area contributed by atoms with E-state index in [9.17, 15) is 9.59 Å². The lowest BCUT2D eigenvalue weighted by atomic mass is 10.1. The largest absolute Gasteiger partial charge is 0.349 e. The van der Waals surface area contributed by atoms with Crippen LogP contribution in [-0.4, -0.2) is 33.8 Å². The van der Waals surface area contributed by atoms with Crippen LogP contribution in [0.1, 0.15) is 48.8 Å². The third-order valence-corrected chi connectivity index (χ3v) is 4.49. The Morgan fingerprint density at radius 2 is 1.84 bits per heavy atom. The van der Waals surface area contributed by atoms with E-state index in [0.29, 0.717) is 18.7 Å². The van der Waals surface area contributed by atoms with Gasteiger partial charge in [0.2, 0.25) is 5.91 Å². The highest BCUT2D eigenvalue weighted by Crippen LogP contribution is 2.16. The van der Waals surface area contributed by atoms with Crippen molar-refractivity contribution in [2.45, 2.75) is 52.7 Å². The monoisotopic (exact) mass is 359 g/mol. The molecule has 2 aromatic rings. The Morgan fingerprint density at radius 3 is 2.44 bits per heavy atom. The first-order valence-electron chi connectivity index (χ1n) is 8.45. The molecule has 0 unspecified atom stereocenters. The van der Waals surface area contributed by atoms with E-state index < -0.39 is 0 Å². The van der Waals surface area contributed by atoms with E-state index in [1.807, 2.05) is 58.0 Å². The summed E-state index contributed by atoms with van der Waals surface area (Å²) >= 11 is 1.41. The molecule has 25 heavy (non-hydrogen) atoms. The molecule has 0 atom stereocenters. The molecule has 2 amide bonds. The molecule has 0 radical (unpaired) electrons. The SMILES string of the molecule is CC(C)NC(=O)c1csc(CN(C(=O)Cc2ccccc2)C(C)C)n1. The number of benzene rings is 1. The number of carbonyl (C=O) groups excluding carboxylic acids is 2. The summed E-state index contributed by atoms with van der Waals surface area (Å²) in [6.45, 7) is 8.22. The number of hydrogen-bond donors (Lipinski definition) is 1. The van der Waals surface area contributed by atoms with Gasteiger partial charge in [0.1, 0.15) is 10.7 Å². The summed E-state index contributed by atoms with van der Waals surface area (Å²) in [4.78, 5) is 30.9. The normalized spacial score (nSPS) is 11.0. The predicted molar refractivity (Wildman–Crippen MR) is 101 cm³/mol. The Hall–Kier alpha value is -2.21. The summed E-state index contributed by atoms with van der Waals surface area (Å²) in [5, 5.41) is 5.34. The summed E-state index contributed by atoms with van der Waals surface area (Å²) in [6.07, 6.45) is 0.366. The number of amides is 2. The maximum absolute atomic E-state index is 12.7. The van der Waals surface area contributed by atoms with Gasteiger partial charge in [-0.2, -0.15) is 0 Å². The van der Waals surface area contributed by atoms with Crippen LogP contribution in [0.4, 0.5) is 0 Å². The summed E-state index contributed by atoms with van der Waals surface area (Å²) in [7, 11) is 0. The first kappa shape index (κ1) is 19.1. The van der Waals surface area contributed by atoms with Crippen LogP contribution in [0.15, 0.2) is 35.7 Å². The molecule has 5 nitrogen and oxygen atoms in total.